The fraction of sp³-hybridized carbons (Fsp3) is 0.375. The number of carbonyl (C=O) groups is 1. The summed E-state index contributed by atoms with van der Waals surface area (Å²) >= 11 is 0. The maximum Gasteiger partial charge on any atom is 0.253 e. The van der Waals surface area contributed by atoms with Crippen molar-refractivity contribution in [2.45, 2.75) is 26.8 Å². The molecule has 1 heterocycles. The summed E-state index contributed by atoms with van der Waals surface area (Å²) in [5.41, 5.74) is 1.01. The third-order valence-electron chi connectivity index (χ3n) is 3.41. The van der Waals surface area contributed by atoms with Crippen LogP contribution in [0.5, 0.6) is 0 Å². The summed E-state index contributed by atoms with van der Waals surface area (Å²) in [5, 5.41) is 13.3. The Morgan fingerprint density at radius 2 is 2.00 bits per heavy atom. The zero-order valence-corrected chi connectivity index (χ0v) is 12.1. The van der Waals surface area contributed by atoms with Crippen molar-refractivity contribution in [1.82, 2.24) is 10.3 Å². The van der Waals surface area contributed by atoms with Crippen LogP contribution in [0.2, 0.25) is 0 Å². The molecule has 2 rings (SSSR count). The molecule has 1 aromatic carbocycles. The summed E-state index contributed by atoms with van der Waals surface area (Å²) in [7, 11) is 0. The van der Waals surface area contributed by atoms with Gasteiger partial charge in [-0.05, 0) is 17.5 Å². The molecule has 1 aromatic heterocycles. The first-order chi connectivity index (χ1) is 9.43. The number of carbonyl (C=O) groups excluding carboxylic acids is 1. The predicted molar refractivity (Wildman–Crippen MR) is 79.5 cm³/mol. The van der Waals surface area contributed by atoms with Gasteiger partial charge in [0.15, 0.2) is 0 Å². The van der Waals surface area contributed by atoms with Crippen LogP contribution in [0.1, 0.15) is 31.1 Å². The smallest absolute Gasteiger partial charge is 0.253 e. The van der Waals surface area contributed by atoms with Gasteiger partial charge in [0, 0.05) is 11.6 Å². The van der Waals surface area contributed by atoms with Crippen molar-refractivity contribution in [3.63, 3.8) is 0 Å². The molecule has 106 valence electrons. The van der Waals surface area contributed by atoms with Crippen LogP contribution in [-0.2, 0) is 0 Å². The van der Waals surface area contributed by atoms with Crippen molar-refractivity contribution >= 4 is 16.8 Å². The lowest BCUT2D eigenvalue weighted by Gasteiger charge is -2.29. The Bertz CT molecular complexity index is 612. The molecule has 1 amide bonds. The maximum absolute atomic E-state index is 12.4. The minimum Gasteiger partial charge on any atom is -0.394 e. The summed E-state index contributed by atoms with van der Waals surface area (Å²) in [6.07, 6.45) is 1.67. The number of para-hydroxylation sites is 1. The zero-order chi connectivity index (χ0) is 14.8. The number of aliphatic hydroxyl groups excluding tert-OH is 1. The highest BCUT2D eigenvalue weighted by Gasteiger charge is 2.26. The van der Waals surface area contributed by atoms with E-state index >= 15 is 0 Å². The summed E-state index contributed by atoms with van der Waals surface area (Å²) in [6, 6.07) is 8.98. The van der Waals surface area contributed by atoms with Gasteiger partial charge in [-0.2, -0.15) is 0 Å². The molecule has 1 unspecified atom stereocenters. The Kier molecular flexibility index (Phi) is 4.04. The SMILES string of the molecule is CC(C)(C)C(CO)NC(=O)c1cccc2cccnc12. The Balaban J connectivity index is 2.32. The van der Waals surface area contributed by atoms with Crippen molar-refractivity contribution in [1.29, 1.82) is 0 Å². The second-order valence-corrected chi connectivity index (χ2v) is 5.96. The first-order valence-electron chi connectivity index (χ1n) is 6.69. The number of aromatic nitrogens is 1. The van der Waals surface area contributed by atoms with Gasteiger partial charge >= 0.3 is 0 Å². The standard InChI is InChI=1S/C16H20N2O2/c1-16(2,3)13(10-19)18-15(20)12-8-4-6-11-7-5-9-17-14(11)12/h4-9,13,19H,10H2,1-3H3,(H,18,20). The lowest BCUT2D eigenvalue weighted by molar-refractivity contribution is 0.0849. The number of rotatable bonds is 3. The van der Waals surface area contributed by atoms with E-state index in [2.05, 4.69) is 10.3 Å². The van der Waals surface area contributed by atoms with Gasteiger partial charge < -0.3 is 10.4 Å². The zero-order valence-electron chi connectivity index (χ0n) is 12.1. The summed E-state index contributed by atoms with van der Waals surface area (Å²) < 4.78 is 0. The molecule has 0 aliphatic carbocycles. The third kappa shape index (κ3) is 2.96. The van der Waals surface area contributed by atoms with E-state index in [1.54, 1.807) is 12.3 Å². The first kappa shape index (κ1) is 14.5. The van der Waals surface area contributed by atoms with E-state index in [0.29, 0.717) is 11.1 Å². The van der Waals surface area contributed by atoms with Gasteiger partial charge in [-0.3, -0.25) is 9.78 Å². The van der Waals surface area contributed by atoms with Crippen LogP contribution in [0.4, 0.5) is 0 Å². The van der Waals surface area contributed by atoms with Crippen LogP contribution >= 0.6 is 0 Å². The van der Waals surface area contributed by atoms with E-state index in [0.717, 1.165) is 5.39 Å². The minimum atomic E-state index is -0.297. The lowest BCUT2D eigenvalue weighted by Crippen LogP contribution is -2.46. The van der Waals surface area contributed by atoms with Gasteiger partial charge in [0.25, 0.3) is 5.91 Å². The number of pyridine rings is 1. The average molecular weight is 272 g/mol. The number of benzene rings is 1. The van der Waals surface area contributed by atoms with Crippen LogP contribution in [0.15, 0.2) is 36.5 Å². The fourth-order valence-corrected chi connectivity index (χ4v) is 2.06. The van der Waals surface area contributed by atoms with E-state index in [1.165, 1.54) is 0 Å². The maximum atomic E-state index is 12.4. The van der Waals surface area contributed by atoms with Gasteiger partial charge in [-0.25, -0.2) is 0 Å². The molecule has 0 saturated carbocycles. The molecule has 0 aliphatic heterocycles. The number of aliphatic hydroxyl groups is 1. The highest BCUT2D eigenvalue weighted by molar-refractivity contribution is 6.05. The highest BCUT2D eigenvalue weighted by atomic mass is 16.3. The number of hydrogen-bond acceptors (Lipinski definition) is 3. The molecule has 2 aromatic rings. The molecule has 20 heavy (non-hydrogen) atoms. The number of hydrogen-bond donors (Lipinski definition) is 2. The lowest BCUT2D eigenvalue weighted by atomic mass is 9.87. The number of fused-ring (bicyclic) bond motifs is 1. The van der Waals surface area contributed by atoms with Crippen LogP contribution < -0.4 is 5.32 Å². The van der Waals surface area contributed by atoms with Crippen molar-refractivity contribution in [3.05, 3.63) is 42.1 Å². The second kappa shape index (κ2) is 5.59. The largest absolute Gasteiger partial charge is 0.394 e. The van der Waals surface area contributed by atoms with Crippen molar-refractivity contribution in [2.24, 2.45) is 5.41 Å². The normalized spacial score (nSPS) is 13.2. The van der Waals surface area contributed by atoms with E-state index in [9.17, 15) is 9.90 Å². The molecule has 1 atom stereocenters. The molecule has 0 spiro atoms. The van der Waals surface area contributed by atoms with Crippen molar-refractivity contribution in [2.75, 3.05) is 6.61 Å². The second-order valence-electron chi connectivity index (χ2n) is 5.96. The quantitative estimate of drug-likeness (QED) is 0.901. The van der Waals surface area contributed by atoms with Crippen LogP contribution in [0, 0.1) is 5.41 Å². The number of amides is 1. The average Bonchev–Trinajstić information content (AvgIpc) is 2.42. The summed E-state index contributed by atoms with van der Waals surface area (Å²) in [5.74, 6) is -0.205. The summed E-state index contributed by atoms with van der Waals surface area (Å²) in [6.45, 7) is 5.86. The number of nitrogens with one attached hydrogen (secondary N) is 1. The minimum absolute atomic E-state index is 0.0898. The van der Waals surface area contributed by atoms with E-state index in [4.69, 9.17) is 0 Å². The Morgan fingerprint density at radius 1 is 1.30 bits per heavy atom. The molecule has 0 bridgehead atoms. The topological polar surface area (TPSA) is 62.2 Å². The molecule has 0 fully saturated rings. The number of nitrogens with zero attached hydrogens (tertiary/aromatic N) is 1. The fourth-order valence-electron chi connectivity index (χ4n) is 2.06. The Hall–Kier alpha value is -1.94. The van der Waals surface area contributed by atoms with Crippen LogP contribution in [0.25, 0.3) is 10.9 Å². The van der Waals surface area contributed by atoms with E-state index < -0.39 is 0 Å². The predicted octanol–water partition coefficient (Wildman–Crippen LogP) is 2.37. The molecule has 0 aliphatic rings. The molecule has 4 nitrogen and oxygen atoms in total. The van der Waals surface area contributed by atoms with E-state index in [-0.39, 0.29) is 24.0 Å². The van der Waals surface area contributed by atoms with Crippen molar-refractivity contribution in [3.8, 4) is 0 Å². The van der Waals surface area contributed by atoms with Gasteiger partial charge in [-0.15, -0.1) is 0 Å². The molecule has 2 N–H and O–H groups in total. The van der Waals surface area contributed by atoms with Gasteiger partial charge in [0.1, 0.15) is 0 Å². The molecule has 4 heteroatoms. The molecular formula is C16H20N2O2. The Morgan fingerprint density at radius 3 is 2.65 bits per heavy atom. The van der Waals surface area contributed by atoms with E-state index in [1.807, 2.05) is 45.0 Å². The monoisotopic (exact) mass is 272 g/mol. The molecular weight excluding hydrogens is 252 g/mol. The van der Waals surface area contributed by atoms with Gasteiger partial charge in [-0.1, -0.05) is 39.0 Å². The Labute approximate surface area is 118 Å². The van der Waals surface area contributed by atoms with Gasteiger partial charge in [0.2, 0.25) is 0 Å². The third-order valence-corrected chi connectivity index (χ3v) is 3.41. The summed E-state index contributed by atoms with van der Waals surface area (Å²) in [4.78, 5) is 16.7. The van der Waals surface area contributed by atoms with Crippen molar-refractivity contribution < 1.29 is 9.90 Å². The van der Waals surface area contributed by atoms with Crippen LogP contribution in [0.3, 0.4) is 0 Å². The molecule has 0 saturated heterocycles. The molecule has 0 radical (unpaired) electrons. The van der Waals surface area contributed by atoms with Crippen LogP contribution in [-0.4, -0.2) is 28.6 Å². The first-order valence-corrected chi connectivity index (χ1v) is 6.69. The highest BCUT2D eigenvalue weighted by Crippen LogP contribution is 2.21. The van der Waals surface area contributed by atoms with Gasteiger partial charge in [0.05, 0.1) is 23.7 Å².